The Balaban J connectivity index is 1.75. The highest BCUT2D eigenvalue weighted by Gasteiger charge is 2.14. The summed E-state index contributed by atoms with van der Waals surface area (Å²) in [6.45, 7) is 5.21. The molecule has 0 aliphatic carbocycles. The van der Waals surface area contributed by atoms with Crippen LogP contribution >= 0.6 is 0 Å². The van der Waals surface area contributed by atoms with Crippen LogP contribution in [-0.4, -0.2) is 13.2 Å². The van der Waals surface area contributed by atoms with Crippen molar-refractivity contribution in [1.29, 1.82) is 0 Å². The summed E-state index contributed by atoms with van der Waals surface area (Å²) in [6.07, 6.45) is 0. The van der Waals surface area contributed by atoms with E-state index in [2.05, 4.69) is 12.1 Å². The number of benzene rings is 3. The molecule has 130 valence electrons. The molecule has 4 nitrogen and oxygen atoms in total. The normalized spacial score (nSPS) is 11.8. The third-order valence-corrected chi connectivity index (χ3v) is 4.63. The molecule has 0 saturated heterocycles. The zero-order chi connectivity index (χ0) is 17.7. The molecule has 0 spiro atoms. The summed E-state index contributed by atoms with van der Waals surface area (Å²) in [5, 5.41) is 4.20. The lowest BCUT2D eigenvalue weighted by molar-refractivity contribution is 0.340. The van der Waals surface area contributed by atoms with Gasteiger partial charge in [-0.15, -0.1) is 0 Å². The van der Waals surface area contributed by atoms with E-state index in [1.165, 1.54) is 0 Å². The molecule has 2 heterocycles. The summed E-state index contributed by atoms with van der Waals surface area (Å²) in [6, 6.07) is 16.0. The molecule has 0 unspecified atom stereocenters. The van der Waals surface area contributed by atoms with Gasteiger partial charge in [0, 0.05) is 33.7 Å². The average Bonchev–Trinajstić information content (AvgIpc) is 3.16. The van der Waals surface area contributed by atoms with Crippen LogP contribution in [0.15, 0.2) is 57.4 Å². The minimum absolute atomic E-state index is 0.633. The molecule has 5 aromatic rings. The first kappa shape index (κ1) is 15.1. The molecule has 0 saturated carbocycles. The first-order valence-electron chi connectivity index (χ1n) is 8.85. The SMILES string of the molecule is CCOc1ccc2c(c1)oc1cc3c(cc12)oc1cc(OCC)ccc13. The molecule has 0 atom stereocenters. The van der Waals surface area contributed by atoms with E-state index < -0.39 is 0 Å². The zero-order valence-corrected chi connectivity index (χ0v) is 14.7. The molecule has 0 N–H and O–H groups in total. The van der Waals surface area contributed by atoms with Crippen LogP contribution in [0.1, 0.15) is 13.8 Å². The van der Waals surface area contributed by atoms with Crippen molar-refractivity contribution in [2.75, 3.05) is 13.2 Å². The van der Waals surface area contributed by atoms with Gasteiger partial charge < -0.3 is 18.3 Å². The minimum atomic E-state index is 0.633. The number of fused-ring (bicyclic) bond motifs is 6. The summed E-state index contributed by atoms with van der Waals surface area (Å²) in [5.74, 6) is 1.63. The summed E-state index contributed by atoms with van der Waals surface area (Å²) in [5.41, 5.74) is 3.33. The Morgan fingerprint density at radius 2 is 1.00 bits per heavy atom. The molecule has 0 radical (unpaired) electrons. The number of ether oxygens (including phenoxy) is 2. The van der Waals surface area contributed by atoms with Gasteiger partial charge in [0.25, 0.3) is 0 Å². The molecule has 0 aliphatic heterocycles. The summed E-state index contributed by atoms with van der Waals surface area (Å²) in [7, 11) is 0. The third-order valence-electron chi connectivity index (χ3n) is 4.63. The Morgan fingerprint density at radius 1 is 0.577 bits per heavy atom. The van der Waals surface area contributed by atoms with Crippen LogP contribution in [0, 0.1) is 0 Å². The highest BCUT2D eigenvalue weighted by molar-refractivity contribution is 6.14. The highest BCUT2D eigenvalue weighted by atomic mass is 16.5. The Kier molecular flexibility index (Phi) is 3.32. The standard InChI is InChI=1S/C22H18O4/c1-3-23-13-5-7-15-17-11-22-18(12-21(17)25-19(15)9-13)16-8-6-14(24-4-2)10-20(16)26-22/h5-12H,3-4H2,1-2H3. The molecule has 0 aliphatic rings. The Labute approximate surface area is 149 Å². The number of hydrogen-bond donors (Lipinski definition) is 0. The van der Waals surface area contributed by atoms with E-state index >= 15 is 0 Å². The molecular weight excluding hydrogens is 328 g/mol. The predicted octanol–water partition coefficient (Wildman–Crippen LogP) is 6.28. The highest BCUT2D eigenvalue weighted by Crippen LogP contribution is 2.38. The molecule has 26 heavy (non-hydrogen) atoms. The molecule has 0 amide bonds. The van der Waals surface area contributed by atoms with Crippen molar-refractivity contribution in [2.24, 2.45) is 0 Å². The van der Waals surface area contributed by atoms with Crippen molar-refractivity contribution < 1.29 is 18.3 Å². The van der Waals surface area contributed by atoms with Gasteiger partial charge in [-0.1, -0.05) is 0 Å². The predicted molar refractivity (Wildman–Crippen MR) is 103 cm³/mol. The van der Waals surface area contributed by atoms with Crippen molar-refractivity contribution in [1.82, 2.24) is 0 Å². The Hall–Kier alpha value is -3.14. The average molecular weight is 346 g/mol. The van der Waals surface area contributed by atoms with Gasteiger partial charge >= 0.3 is 0 Å². The van der Waals surface area contributed by atoms with Crippen LogP contribution in [-0.2, 0) is 0 Å². The lowest BCUT2D eigenvalue weighted by Gasteiger charge is -2.01. The first-order valence-corrected chi connectivity index (χ1v) is 8.85. The maximum absolute atomic E-state index is 6.08. The van der Waals surface area contributed by atoms with Gasteiger partial charge in [-0.3, -0.25) is 0 Å². The lowest BCUT2D eigenvalue weighted by atomic mass is 10.1. The smallest absolute Gasteiger partial charge is 0.139 e. The second-order valence-electron chi connectivity index (χ2n) is 6.23. The van der Waals surface area contributed by atoms with Crippen LogP contribution in [0.25, 0.3) is 43.9 Å². The van der Waals surface area contributed by atoms with E-state index in [9.17, 15) is 0 Å². The van der Waals surface area contributed by atoms with Crippen LogP contribution in [0.3, 0.4) is 0 Å². The molecular formula is C22H18O4. The van der Waals surface area contributed by atoms with Gasteiger partial charge in [0.2, 0.25) is 0 Å². The van der Waals surface area contributed by atoms with Crippen molar-refractivity contribution >= 4 is 43.9 Å². The van der Waals surface area contributed by atoms with Gasteiger partial charge in [-0.05, 0) is 50.2 Å². The topological polar surface area (TPSA) is 44.7 Å². The van der Waals surface area contributed by atoms with E-state index in [-0.39, 0.29) is 0 Å². The molecule has 0 bridgehead atoms. The maximum atomic E-state index is 6.08. The van der Waals surface area contributed by atoms with Crippen LogP contribution < -0.4 is 9.47 Å². The Bertz CT molecular complexity index is 1160. The fourth-order valence-electron chi connectivity index (χ4n) is 3.52. The quantitative estimate of drug-likeness (QED) is 0.384. The maximum Gasteiger partial charge on any atom is 0.139 e. The van der Waals surface area contributed by atoms with Crippen molar-refractivity contribution in [3.05, 3.63) is 48.5 Å². The van der Waals surface area contributed by atoms with E-state index in [0.29, 0.717) is 13.2 Å². The number of rotatable bonds is 4. The van der Waals surface area contributed by atoms with Gasteiger partial charge in [-0.25, -0.2) is 0 Å². The van der Waals surface area contributed by atoms with Crippen molar-refractivity contribution in [3.8, 4) is 11.5 Å². The van der Waals surface area contributed by atoms with Crippen molar-refractivity contribution in [3.63, 3.8) is 0 Å². The van der Waals surface area contributed by atoms with Crippen LogP contribution in [0.2, 0.25) is 0 Å². The van der Waals surface area contributed by atoms with E-state index in [1.54, 1.807) is 0 Å². The molecule has 3 aromatic carbocycles. The lowest BCUT2D eigenvalue weighted by Crippen LogP contribution is -1.89. The van der Waals surface area contributed by atoms with E-state index in [1.807, 2.05) is 50.2 Å². The summed E-state index contributed by atoms with van der Waals surface area (Å²) < 4.78 is 23.3. The molecule has 0 fully saturated rings. The number of furan rings is 2. The monoisotopic (exact) mass is 346 g/mol. The van der Waals surface area contributed by atoms with Crippen molar-refractivity contribution in [2.45, 2.75) is 13.8 Å². The van der Waals surface area contributed by atoms with E-state index in [4.69, 9.17) is 18.3 Å². The molecule has 4 heteroatoms. The summed E-state index contributed by atoms with van der Waals surface area (Å²) in [4.78, 5) is 0. The van der Waals surface area contributed by atoms with Gasteiger partial charge in [0.05, 0.1) is 13.2 Å². The Morgan fingerprint density at radius 3 is 1.42 bits per heavy atom. The number of hydrogen-bond acceptors (Lipinski definition) is 4. The fourth-order valence-corrected chi connectivity index (χ4v) is 3.52. The van der Waals surface area contributed by atoms with Gasteiger partial charge in [-0.2, -0.15) is 0 Å². The second-order valence-corrected chi connectivity index (χ2v) is 6.23. The first-order chi connectivity index (χ1) is 12.8. The van der Waals surface area contributed by atoms with Gasteiger partial charge in [0.15, 0.2) is 0 Å². The second kappa shape index (κ2) is 5.70. The minimum Gasteiger partial charge on any atom is -0.494 e. The van der Waals surface area contributed by atoms with E-state index in [0.717, 1.165) is 55.4 Å². The fraction of sp³-hybridized carbons (Fsp3) is 0.182. The molecule has 2 aromatic heterocycles. The van der Waals surface area contributed by atoms with Crippen LogP contribution in [0.4, 0.5) is 0 Å². The zero-order valence-electron chi connectivity index (χ0n) is 14.7. The van der Waals surface area contributed by atoms with Gasteiger partial charge in [0.1, 0.15) is 33.8 Å². The largest absolute Gasteiger partial charge is 0.494 e. The molecule has 5 rings (SSSR count). The summed E-state index contributed by atoms with van der Waals surface area (Å²) >= 11 is 0. The van der Waals surface area contributed by atoms with Crippen LogP contribution in [0.5, 0.6) is 11.5 Å². The third kappa shape index (κ3) is 2.22.